The molecule has 4 amide bonds. The summed E-state index contributed by atoms with van der Waals surface area (Å²) in [4.78, 5) is 39.7. The van der Waals surface area contributed by atoms with Crippen molar-refractivity contribution in [2.45, 2.75) is 31.7 Å². The molecule has 37 heavy (non-hydrogen) atoms. The molecule has 0 bridgehead atoms. The van der Waals surface area contributed by atoms with Crippen molar-refractivity contribution in [3.05, 3.63) is 89.9 Å². The Bertz CT molecular complexity index is 1510. The number of anilines is 1. The van der Waals surface area contributed by atoms with Crippen LogP contribution < -0.4 is 10.6 Å². The van der Waals surface area contributed by atoms with E-state index in [9.17, 15) is 14.4 Å². The van der Waals surface area contributed by atoms with Gasteiger partial charge in [-0.15, -0.1) is 0 Å². The van der Waals surface area contributed by atoms with Crippen molar-refractivity contribution in [2.24, 2.45) is 0 Å². The predicted molar refractivity (Wildman–Crippen MR) is 136 cm³/mol. The molecule has 2 aromatic carbocycles. The molecule has 1 saturated heterocycles. The average Bonchev–Trinajstić information content (AvgIpc) is 3.70. The number of carbonyl (C=O) groups excluding carboxylic acids is 3. The number of imide groups is 1. The number of nitrogens with zero attached hydrogens (tertiary/aromatic N) is 3. The van der Waals surface area contributed by atoms with Gasteiger partial charge in [-0.25, -0.2) is 9.48 Å². The van der Waals surface area contributed by atoms with E-state index in [0.717, 1.165) is 35.4 Å². The summed E-state index contributed by atoms with van der Waals surface area (Å²) >= 11 is 0. The largest absolute Gasteiger partial charge is 0.466 e. The molecule has 9 nitrogen and oxygen atoms in total. The molecule has 0 radical (unpaired) electrons. The summed E-state index contributed by atoms with van der Waals surface area (Å²) in [6.45, 7) is 1.10. The Kier molecular flexibility index (Phi) is 5.40. The lowest BCUT2D eigenvalue weighted by Crippen LogP contribution is -2.42. The molecule has 2 N–H and O–H groups in total. The van der Waals surface area contributed by atoms with Gasteiger partial charge in [-0.1, -0.05) is 30.3 Å². The van der Waals surface area contributed by atoms with Gasteiger partial charge in [0.2, 0.25) is 5.91 Å². The van der Waals surface area contributed by atoms with Crippen molar-refractivity contribution < 1.29 is 18.8 Å². The van der Waals surface area contributed by atoms with Crippen molar-refractivity contribution >= 4 is 23.7 Å². The number of urea groups is 1. The van der Waals surface area contributed by atoms with Gasteiger partial charge in [0, 0.05) is 11.6 Å². The fourth-order valence-electron chi connectivity index (χ4n) is 5.00. The first kappa shape index (κ1) is 22.8. The number of hydrogen-bond donors (Lipinski definition) is 2. The molecule has 1 aliphatic heterocycles. The van der Waals surface area contributed by atoms with E-state index in [2.05, 4.69) is 28.8 Å². The van der Waals surface area contributed by atoms with E-state index in [1.54, 1.807) is 29.8 Å². The van der Waals surface area contributed by atoms with Crippen LogP contribution in [0.1, 0.15) is 30.2 Å². The van der Waals surface area contributed by atoms with Crippen molar-refractivity contribution in [2.75, 3.05) is 11.9 Å². The molecule has 2 aliphatic rings. The molecule has 4 aromatic rings. The number of benzene rings is 2. The van der Waals surface area contributed by atoms with Crippen LogP contribution >= 0.6 is 0 Å². The van der Waals surface area contributed by atoms with Gasteiger partial charge in [-0.2, -0.15) is 5.10 Å². The van der Waals surface area contributed by atoms with Gasteiger partial charge in [0.05, 0.1) is 17.6 Å². The zero-order valence-corrected chi connectivity index (χ0v) is 20.2. The predicted octanol–water partition coefficient (Wildman–Crippen LogP) is 4.03. The standard InChI is InChI=1S/C28H25N5O4/c1-28(23-11-6-14-37-23)26(35)32(27(36)30-28)17-25(34)29-24-16-22(31-33(24)21-9-3-2-4-10-21)20-13-12-18-7-5-8-19(18)15-20/h2-4,6,9-16H,5,7-8,17H2,1H3,(H,29,34)(H,30,36). The monoisotopic (exact) mass is 495 g/mol. The van der Waals surface area contributed by atoms with Crippen LogP contribution in [0.15, 0.2) is 77.4 Å². The highest BCUT2D eigenvalue weighted by Gasteiger charge is 2.51. The van der Waals surface area contributed by atoms with Crippen LogP contribution in [0.4, 0.5) is 10.6 Å². The number of rotatable bonds is 6. The van der Waals surface area contributed by atoms with Gasteiger partial charge in [0.1, 0.15) is 18.1 Å². The molecular weight excluding hydrogens is 470 g/mol. The maximum absolute atomic E-state index is 13.1. The molecule has 3 heterocycles. The first-order valence-electron chi connectivity index (χ1n) is 12.2. The highest BCUT2D eigenvalue weighted by Crippen LogP contribution is 2.31. The van der Waals surface area contributed by atoms with Crippen LogP contribution in [0.25, 0.3) is 16.9 Å². The Balaban J connectivity index is 1.27. The van der Waals surface area contributed by atoms with Gasteiger partial charge in [0.15, 0.2) is 5.54 Å². The van der Waals surface area contributed by atoms with Crippen molar-refractivity contribution in [1.82, 2.24) is 20.0 Å². The number of hydrogen-bond acceptors (Lipinski definition) is 5. The summed E-state index contributed by atoms with van der Waals surface area (Å²) in [5.74, 6) is -0.342. The van der Waals surface area contributed by atoms with Gasteiger partial charge >= 0.3 is 6.03 Å². The maximum Gasteiger partial charge on any atom is 0.325 e. The van der Waals surface area contributed by atoms with Crippen LogP contribution in [-0.4, -0.2) is 39.1 Å². The van der Waals surface area contributed by atoms with Gasteiger partial charge in [-0.05, 0) is 67.6 Å². The minimum Gasteiger partial charge on any atom is -0.466 e. The first-order valence-corrected chi connectivity index (χ1v) is 12.2. The normalized spacial score (nSPS) is 18.7. The zero-order chi connectivity index (χ0) is 25.6. The SMILES string of the molecule is CC1(c2ccco2)NC(=O)N(CC(=O)Nc2cc(-c3ccc4c(c3)CCC4)nn2-c2ccccc2)C1=O. The zero-order valence-electron chi connectivity index (χ0n) is 20.2. The summed E-state index contributed by atoms with van der Waals surface area (Å²) in [6, 6.07) is 20.2. The second kappa shape index (κ2) is 8.77. The number of aryl methyl sites for hydroxylation is 2. The van der Waals surface area contributed by atoms with E-state index in [1.165, 1.54) is 17.4 Å². The third kappa shape index (κ3) is 3.98. The van der Waals surface area contributed by atoms with Crippen LogP contribution in [0.5, 0.6) is 0 Å². The molecule has 1 fully saturated rings. The maximum atomic E-state index is 13.1. The first-order chi connectivity index (χ1) is 17.9. The van der Waals surface area contributed by atoms with Crippen molar-refractivity contribution in [1.29, 1.82) is 0 Å². The van der Waals surface area contributed by atoms with E-state index in [4.69, 9.17) is 9.52 Å². The summed E-state index contributed by atoms with van der Waals surface area (Å²) in [5, 5.41) is 10.3. The topological polar surface area (TPSA) is 109 Å². The van der Waals surface area contributed by atoms with Crippen LogP contribution in [0, 0.1) is 0 Å². The van der Waals surface area contributed by atoms with E-state index in [0.29, 0.717) is 17.3 Å². The lowest BCUT2D eigenvalue weighted by Gasteiger charge is -2.18. The second-order valence-electron chi connectivity index (χ2n) is 9.47. The smallest absolute Gasteiger partial charge is 0.325 e. The van der Waals surface area contributed by atoms with Crippen molar-refractivity contribution in [3.8, 4) is 16.9 Å². The van der Waals surface area contributed by atoms with Crippen LogP contribution in [-0.2, 0) is 28.0 Å². The van der Waals surface area contributed by atoms with Gasteiger partial charge < -0.3 is 15.1 Å². The highest BCUT2D eigenvalue weighted by molar-refractivity contribution is 6.10. The molecule has 6 rings (SSSR count). The summed E-state index contributed by atoms with van der Waals surface area (Å²) in [7, 11) is 0. The summed E-state index contributed by atoms with van der Waals surface area (Å²) < 4.78 is 7.00. The van der Waals surface area contributed by atoms with Gasteiger partial charge in [-0.3, -0.25) is 14.5 Å². The Hall–Kier alpha value is -4.66. The molecule has 0 spiro atoms. The highest BCUT2D eigenvalue weighted by atomic mass is 16.3. The van der Waals surface area contributed by atoms with Crippen LogP contribution in [0.3, 0.4) is 0 Å². The Morgan fingerprint density at radius 3 is 2.65 bits per heavy atom. The lowest BCUT2D eigenvalue weighted by molar-refractivity contribution is -0.134. The Morgan fingerprint density at radius 2 is 1.86 bits per heavy atom. The third-order valence-corrected chi connectivity index (χ3v) is 6.96. The molecule has 1 unspecified atom stereocenters. The van der Waals surface area contributed by atoms with E-state index >= 15 is 0 Å². The molecule has 0 saturated carbocycles. The molecule has 2 aromatic heterocycles. The number of furan rings is 1. The minimum atomic E-state index is -1.37. The number of fused-ring (bicyclic) bond motifs is 1. The van der Waals surface area contributed by atoms with E-state index in [1.807, 2.05) is 30.3 Å². The summed E-state index contributed by atoms with van der Waals surface area (Å²) in [6.07, 6.45) is 4.73. The average molecular weight is 496 g/mol. The number of aromatic nitrogens is 2. The Morgan fingerprint density at radius 1 is 1.05 bits per heavy atom. The lowest BCUT2D eigenvalue weighted by atomic mass is 9.99. The third-order valence-electron chi connectivity index (χ3n) is 6.96. The van der Waals surface area contributed by atoms with E-state index in [-0.39, 0.29) is 0 Å². The van der Waals surface area contributed by atoms with Crippen molar-refractivity contribution in [3.63, 3.8) is 0 Å². The number of nitrogens with one attached hydrogen (secondary N) is 2. The van der Waals surface area contributed by atoms with Crippen LogP contribution in [0.2, 0.25) is 0 Å². The molecule has 186 valence electrons. The molecule has 9 heteroatoms. The molecule has 1 aliphatic carbocycles. The molecule has 1 atom stereocenters. The Labute approximate surface area is 213 Å². The van der Waals surface area contributed by atoms with Gasteiger partial charge in [0.25, 0.3) is 5.91 Å². The second-order valence-corrected chi connectivity index (χ2v) is 9.47. The van der Waals surface area contributed by atoms with E-state index < -0.39 is 29.9 Å². The quantitative estimate of drug-likeness (QED) is 0.393. The molecular formula is C28H25N5O4. The number of carbonyl (C=O) groups is 3. The summed E-state index contributed by atoms with van der Waals surface area (Å²) in [5.41, 5.74) is 3.78. The fraction of sp³-hybridized carbons (Fsp3) is 0.214. The number of amides is 4. The minimum absolute atomic E-state index is 0.301. The number of para-hydroxylation sites is 1. The fourth-order valence-corrected chi connectivity index (χ4v) is 5.00.